The average molecular weight is 265 g/mol. The quantitative estimate of drug-likeness (QED) is 0.881. The number of halogens is 3. The predicted octanol–water partition coefficient (Wildman–Crippen LogP) is 4.23. The first-order valence-electron chi connectivity index (χ1n) is 5.02. The van der Waals surface area contributed by atoms with Crippen LogP contribution in [0.15, 0.2) is 36.4 Å². The first-order valence-corrected chi connectivity index (χ1v) is 5.39. The van der Waals surface area contributed by atoms with Crippen LogP contribution in [0.2, 0.25) is 5.02 Å². The summed E-state index contributed by atoms with van der Waals surface area (Å²) in [5.74, 6) is -1.34. The number of hydrogen-bond acceptors (Lipinski definition) is 2. The van der Waals surface area contributed by atoms with Crippen LogP contribution in [0.5, 0.6) is 0 Å². The molecule has 0 spiro atoms. The van der Waals surface area contributed by atoms with Gasteiger partial charge in [0.05, 0.1) is 16.3 Å². The van der Waals surface area contributed by atoms with Gasteiger partial charge in [0.1, 0.15) is 17.7 Å². The summed E-state index contributed by atoms with van der Waals surface area (Å²) in [4.78, 5) is 0. The second-order valence-corrected chi connectivity index (χ2v) is 3.96. The molecule has 0 aliphatic heterocycles. The Morgan fingerprint density at radius 3 is 2.50 bits per heavy atom. The third-order valence-corrected chi connectivity index (χ3v) is 2.61. The van der Waals surface area contributed by atoms with E-state index in [1.807, 2.05) is 6.07 Å². The highest BCUT2D eigenvalue weighted by molar-refractivity contribution is 6.32. The van der Waals surface area contributed by atoms with Gasteiger partial charge in [0.25, 0.3) is 0 Å². The van der Waals surface area contributed by atoms with Gasteiger partial charge in [-0.05, 0) is 30.3 Å². The zero-order valence-electron chi connectivity index (χ0n) is 9.05. The van der Waals surface area contributed by atoms with Crippen molar-refractivity contribution in [2.75, 3.05) is 5.32 Å². The van der Waals surface area contributed by atoms with Gasteiger partial charge in [-0.25, -0.2) is 8.78 Å². The van der Waals surface area contributed by atoms with Crippen molar-refractivity contribution in [3.05, 3.63) is 58.6 Å². The second-order valence-electron chi connectivity index (χ2n) is 3.56. The summed E-state index contributed by atoms with van der Waals surface area (Å²) >= 11 is 5.84. The lowest BCUT2D eigenvalue weighted by molar-refractivity contribution is 0.586. The van der Waals surface area contributed by atoms with Crippen molar-refractivity contribution >= 4 is 23.0 Å². The highest BCUT2D eigenvalue weighted by Gasteiger charge is 2.05. The summed E-state index contributed by atoms with van der Waals surface area (Å²) < 4.78 is 26.1. The summed E-state index contributed by atoms with van der Waals surface area (Å²) in [7, 11) is 0. The zero-order valence-corrected chi connectivity index (χ0v) is 9.80. The number of nitriles is 1. The Bertz CT molecular complexity index is 635. The van der Waals surface area contributed by atoms with Gasteiger partial charge < -0.3 is 5.32 Å². The lowest BCUT2D eigenvalue weighted by Crippen LogP contribution is -1.94. The minimum Gasteiger partial charge on any atom is -0.353 e. The van der Waals surface area contributed by atoms with E-state index in [1.165, 1.54) is 18.2 Å². The third kappa shape index (κ3) is 2.58. The van der Waals surface area contributed by atoms with Crippen molar-refractivity contribution in [2.45, 2.75) is 0 Å². The molecule has 0 aliphatic rings. The number of benzene rings is 2. The Kier molecular flexibility index (Phi) is 3.45. The SMILES string of the molecule is N#Cc1ccc(Nc2ccc(F)cc2F)cc1Cl. The van der Waals surface area contributed by atoms with Gasteiger partial charge in [-0.3, -0.25) is 0 Å². The lowest BCUT2D eigenvalue weighted by Gasteiger charge is -2.08. The van der Waals surface area contributed by atoms with E-state index in [9.17, 15) is 8.78 Å². The molecule has 0 unspecified atom stereocenters. The van der Waals surface area contributed by atoms with Crippen LogP contribution in [0.1, 0.15) is 5.56 Å². The molecule has 0 aliphatic carbocycles. The van der Waals surface area contributed by atoms with Gasteiger partial charge in [0.2, 0.25) is 0 Å². The molecule has 0 aromatic heterocycles. The fraction of sp³-hybridized carbons (Fsp3) is 0. The average Bonchev–Trinajstić information content (AvgIpc) is 2.33. The number of nitrogens with one attached hydrogen (secondary N) is 1. The third-order valence-electron chi connectivity index (χ3n) is 2.30. The first-order chi connectivity index (χ1) is 8.60. The van der Waals surface area contributed by atoms with Crippen molar-refractivity contribution in [2.24, 2.45) is 0 Å². The molecule has 0 saturated carbocycles. The van der Waals surface area contributed by atoms with E-state index in [1.54, 1.807) is 6.07 Å². The van der Waals surface area contributed by atoms with Crippen LogP contribution in [0.4, 0.5) is 20.2 Å². The Morgan fingerprint density at radius 1 is 1.11 bits per heavy atom. The molecule has 0 bridgehead atoms. The Labute approximate surface area is 107 Å². The summed E-state index contributed by atoms with van der Waals surface area (Å²) in [6.07, 6.45) is 0. The van der Waals surface area contributed by atoms with Gasteiger partial charge in [-0.15, -0.1) is 0 Å². The van der Waals surface area contributed by atoms with Gasteiger partial charge in [0, 0.05) is 11.8 Å². The summed E-state index contributed by atoms with van der Waals surface area (Å²) in [6, 6.07) is 9.76. The molecule has 2 rings (SSSR count). The standard InChI is InChI=1S/C13H7ClF2N2/c14-11-6-10(3-1-8(11)7-17)18-13-4-2-9(15)5-12(13)16/h1-6,18H. The van der Waals surface area contributed by atoms with Gasteiger partial charge in [0.15, 0.2) is 0 Å². The maximum absolute atomic E-state index is 13.4. The van der Waals surface area contributed by atoms with Crippen molar-refractivity contribution in [1.29, 1.82) is 5.26 Å². The van der Waals surface area contributed by atoms with E-state index in [4.69, 9.17) is 16.9 Å². The molecule has 5 heteroatoms. The van der Waals surface area contributed by atoms with E-state index >= 15 is 0 Å². The summed E-state index contributed by atoms with van der Waals surface area (Å²) in [5, 5.41) is 11.7. The maximum Gasteiger partial charge on any atom is 0.149 e. The second kappa shape index (κ2) is 5.03. The molecule has 2 aromatic carbocycles. The highest BCUT2D eigenvalue weighted by atomic mass is 35.5. The lowest BCUT2D eigenvalue weighted by atomic mass is 10.2. The Balaban J connectivity index is 2.29. The number of nitrogens with zero attached hydrogens (tertiary/aromatic N) is 1. The van der Waals surface area contributed by atoms with Crippen LogP contribution in [-0.4, -0.2) is 0 Å². The van der Waals surface area contributed by atoms with E-state index in [0.717, 1.165) is 12.1 Å². The van der Waals surface area contributed by atoms with Crippen molar-refractivity contribution < 1.29 is 8.78 Å². The van der Waals surface area contributed by atoms with Crippen molar-refractivity contribution in [1.82, 2.24) is 0 Å². The predicted molar refractivity (Wildman–Crippen MR) is 65.8 cm³/mol. The maximum atomic E-state index is 13.4. The van der Waals surface area contributed by atoms with Gasteiger partial charge in [-0.2, -0.15) is 5.26 Å². The van der Waals surface area contributed by atoms with Crippen LogP contribution in [0.3, 0.4) is 0 Å². The molecule has 1 N–H and O–H groups in total. The number of rotatable bonds is 2. The molecular formula is C13H7ClF2N2. The molecule has 0 saturated heterocycles. The molecule has 0 heterocycles. The monoisotopic (exact) mass is 264 g/mol. The van der Waals surface area contributed by atoms with E-state index < -0.39 is 11.6 Å². The molecule has 0 radical (unpaired) electrons. The number of anilines is 2. The van der Waals surface area contributed by atoms with Crippen LogP contribution in [0.25, 0.3) is 0 Å². The molecular weight excluding hydrogens is 258 g/mol. The molecule has 2 aromatic rings. The van der Waals surface area contributed by atoms with Crippen LogP contribution in [-0.2, 0) is 0 Å². The Hall–Kier alpha value is -2.12. The zero-order chi connectivity index (χ0) is 13.1. The fourth-order valence-electron chi connectivity index (χ4n) is 1.43. The fourth-order valence-corrected chi connectivity index (χ4v) is 1.65. The van der Waals surface area contributed by atoms with Crippen LogP contribution < -0.4 is 5.32 Å². The highest BCUT2D eigenvalue weighted by Crippen LogP contribution is 2.25. The smallest absolute Gasteiger partial charge is 0.149 e. The van der Waals surface area contributed by atoms with Crippen LogP contribution >= 0.6 is 11.6 Å². The number of hydrogen-bond donors (Lipinski definition) is 1. The molecule has 0 amide bonds. The van der Waals surface area contributed by atoms with E-state index in [2.05, 4.69) is 5.32 Å². The van der Waals surface area contributed by atoms with E-state index in [0.29, 0.717) is 11.3 Å². The molecule has 0 fully saturated rings. The first kappa shape index (κ1) is 12.3. The summed E-state index contributed by atoms with van der Waals surface area (Å²) in [6.45, 7) is 0. The van der Waals surface area contributed by atoms with Gasteiger partial charge in [-0.1, -0.05) is 11.6 Å². The van der Waals surface area contributed by atoms with E-state index in [-0.39, 0.29) is 10.7 Å². The normalized spacial score (nSPS) is 9.89. The largest absolute Gasteiger partial charge is 0.353 e. The minimum atomic E-state index is -0.699. The van der Waals surface area contributed by atoms with Gasteiger partial charge >= 0.3 is 0 Å². The Morgan fingerprint density at radius 2 is 1.89 bits per heavy atom. The summed E-state index contributed by atoms with van der Waals surface area (Å²) in [5.41, 5.74) is 0.989. The van der Waals surface area contributed by atoms with Crippen molar-refractivity contribution in [3.8, 4) is 6.07 Å². The molecule has 90 valence electrons. The van der Waals surface area contributed by atoms with Crippen LogP contribution in [0, 0.1) is 23.0 Å². The van der Waals surface area contributed by atoms with Crippen molar-refractivity contribution in [3.63, 3.8) is 0 Å². The minimum absolute atomic E-state index is 0.136. The topological polar surface area (TPSA) is 35.8 Å². The molecule has 18 heavy (non-hydrogen) atoms. The molecule has 0 atom stereocenters. The molecule has 2 nitrogen and oxygen atoms in total.